The third-order valence-electron chi connectivity index (χ3n) is 13.4. The summed E-state index contributed by atoms with van der Waals surface area (Å²) in [6.45, 7) is 15.4. The number of benzene rings is 1. The summed E-state index contributed by atoms with van der Waals surface area (Å²) in [5.41, 5.74) is 17.7. The first-order valence-electron chi connectivity index (χ1n) is 24.1. The predicted molar refractivity (Wildman–Crippen MR) is 256 cm³/mol. The summed E-state index contributed by atoms with van der Waals surface area (Å²) in [4.78, 5) is 129. The number of likely N-dealkylation sites (N-methyl/N-ethyl adjacent to an activating group) is 1. The van der Waals surface area contributed by atoms with Crippen molar-refractivity contribution in [2.75, 3.05) is 7.05 Å². The molecule has 8 unspecified atom stereocenters. The Labute approximate surface area is 405 Å². The number of esters is 1. The Hall–Kier alpha value is -5.67. The Kier molecular flexibility index (Phi) is 21.6. The van der Waals surface area contributed by atoms with Crippen molar-refractivity contribution in [1.29, 1.82) is 0 Å². The molecule has 21 heteroatoms. The van der Waals surface area contributed by atoms with E-state index in [1.54, 1.807) is 52.0 Å². The lowest BCUT2D eigenvalue weighted by Gasteiger charge is -2.34. The summed E-state index contributed by atoms with van der Waals surface area (Å²) in [5, 5.41) is 13.6. The van der Waals surface area contributed by atoms with E-state index in [-0.39, 0.29) is 49.7 Å². The highest BCUT2D eigenvalue weighted by atomic mass is 16.6. The Morgan fingerprint density at radius 1 is 0.783 bits per heavy atom. The molecule has 2 fully saturated rings. The van der Waals surface area contributed by atoms with Gasteiger partial charge in [-0.15, -0.1) is 0 Å². The van der Waals surface area contributed by atoms with E-state index in [1.807, 2.05) is 27.7 Å². The van der Waals surface area contributed by atoms with Crippen molar-refractivity contribution >= 4 is 53.1 Å². The zero-order valence-corrected chi connectivity index (χ0v) is 41.9. The number of ether oxygens (including phenoxy) is 1. The molecule has 386 valence electrons. The normalized spacial score (nSPS) is 21.3. The Balaban J connectivity index is 2.01. The molecular weight excluding hydrogens is 893 g/mol. The number of primary amides is 1. The van der Waals surface area contributed by atoms with Gasteiger partial charge in [-0.2, -0.15) is 5.90 Å². The van der Waals surface area contributed by atoms with E-state index in [0.29, 0.717) is 37.0 Å². The quantitative estimate of drug-likeness (QED) is 0.0418. The van der Waals surface area contributed by atoms with Crippen molar-refractivity contribution < 1.29 is 52.7 Å². The van der Waals surface area contributed by atoms with Crippen LogP contribution in [0.3, 0.4) is 0 Å². The zero-order chi connectivity index (χ0) is 52.1. The molecule has 2 saturated carbocycles. The fraction of sp³-hybridized carbons (Fsp3) is 0.688. The number of carbonyl (C=O) groups excluding carboxylic acids is 9. The number of fused-ring (bicyclic) bond motifs is 1. The van der Waals surface area contributed by atoms with Gasteiger partial charge in [-0.25, -0.2) is 4.79 Å². The number of rotatable bonds is 27. The van der Waals surface area contributed by atoms with Crippen molar-refractivity contribution in [3.05, 3.63) is 29.8 Å². The van der Waals surface area contributed by atoms with Gasteiger partial charge in [0.05, 0.1) is 11.6 Å². The number of hydrogen-bond donors (Lipinski definition) is 9. The van der Waals surface area contributed by atoms with Gasteiger partial charge in [-0.05, 0) is 68.1 Å². The van der Waals surface area contributed by atoms with Crippen molar-refractivity contribution in [3.63, 3.8) is 0 Å². The van der Waals surface area contributed by atoms with E-state index in [1.165, 1.54) is 18.9 Å². The molecule has 0 spiro atoms. The summed E-state index contributed by atoms with van der Waals surface area (Å²) < 4.78 is 5.96. The van der Waals surface area contributed by atoms with E-state index in [9.17, 15) is 43.2 Å². The first-order chi connectivity index (χ1) is 32.3. The molecule has 3 rings (SSSR count). The molecule has 0 aliphatic heterocycles. The topological polar surface area (TPSA) is 340 Å². The van der Waals surface area contributed by atoms with Crippen LogP contribution in [0.5, 0.6) is 5.75 Å². The number of nitrogens with zero attached hydrogens (tertiary/aromatic N) is 1. The molecule has 1 aromatic rings. The van der Waals surface area contributed by atoms with Gasteiger partial charge in [0.1, 0.15) is 47.8 Å². The van der Waals surface area contributed by atoms with Crippen molar-refractivity contribution in [1.82, 2.24) is 31.5 Å². The maximum absolute atomic E-state index is 14.5. The molecule has 12 atom stereocenters. The lowest BCUT2D eigenvalue weighted by atomic mass is 9.90. The number of nitrogens with two attached hydrogens (primary N) is 4. The smallest absolute Gasteiger partial charge is 0.329 e. The SMILES string of the molecule is CCC(C)C(N)C(=O)N(C)C(Cc1ccc(ON)cc1)C(=O)NC(C(=O)OC(C)[C@H](NC(=O)[C@H](CCC(N)=O)NC(=O)C(C)C)C(=O)NC(CC(C)C)C(=O)NC12CC1C(=O)C[C@@H](N)C2)[C@H](C)CC. The van der Waals surface area contributed by atoms with E-state index >= 15 is 0 Å². The molecule has 0 bridgehead atoms. The fourth-order valence-corrected chi connectivity index (χ4v) is 8.39. The van der Waals surface area contributed by atoms with Crippen LogP contribution in [0, 0.1) is 29.6 Å². The predicted octanol–water partition coefficient (Wildman–Crippen LogP) is 0.132. The minimum Gasteiger partial charge on any atom is -0.458 e. The highest BCUT2D eigenvalue weighted by Gasteiger charge is 2.62. The first-order valence-corrected chi connectivity index (χ1v) is 24.1. The lowest BCUT2D eigenvalue weighted by Crippen LogP contribution is -2.62. The van der Waals surface area contributed by atoms with Gasteiger partial charge in [0.25, 0.3) is 0 Å². The molecule has 0 saturated heterocycles. The Morgan fingerprint density at radius 3 is 1.93 bits per heavy atom. The summed E-state index contributed by atoms with van der Waals surface area (Å²) in [5.74, 6) is -2.19. The standard InChI is InChI=1S/C48H78N10O11/c1-11-26(7)38(51)46(66)58(10)35(20-29-13-15-31(69-52)16-14-29)44(64)55-39(27(8)12-2)47(67)68-28(9)40(56-42(62)33(17-18-37(50)60)53-41(61)25(5)6)45(65)54-34(19-24(3)4)43(63)57-48-22-30(49)21-36(59)32(48)23-48/h13-16,24-28,30,32-35,38-40H,11-12,17-23,49,51-52H2,1-10H3,(H2,50,60)(H,53,61)(H,54,65)(H,55,64)(H,56,62)(H,57,63)/t26?,27-,28?,30-,32?,33+,34?,35?,38?,39?,40+,48?/m1/s1. The molecular formula is C48H78N10O11. The van der Waals surface area contributed by atoms with Crippen molar-refractivity contribution in [2.24, 2.45) is 52.7 Å². The van der Waals surface area contributed by atoms with Gasteiger partial charge in [0.2, 0.25) is 41.4 Å². The molecule has 1 aromatic carbocycles. The second kappa shape index (κ2) is 25.8. The van der Waals surface area contributed by atoms with Crippen LogP contribution in [0.25, 0.3) is 0 Å². The molecule has 13 N–H and O–H groups in total. The second-order valence-electron chi connectivity index (χ2n) is 19.8. The number of ketones is 1. The van der Waals surface area contributed by atoms with Gasteiger partial charge in [0, 0.05) is 44.2 Å². The number of Topliss-reactive ketones (excluding diaryl/α,β-unsaturated/α-hetero) is 1. The highest BCUT2D eigenvalue weighted by Crippen LogP contribution is 2.51. The maximum Gasteiger partial charge on any atom is 0.329 e. The van der Waals surface area contributed by atoms with Gasteiger partial charge >= 0.3 is 5.97 Å². The van der Waals surface area contributed by atoms with Crippen molar-refractivity contribution in [3.8, 4) is 5.75 Å². The summed E-state index contributed by atoms with van der Waals surface area (Å²) in [6, 6.07) is -1.65. The molecule has 0 aromatic heterocycles. The number of carbonyl (C=O) groups is 9. The van der Waals surface area contributed by atoms with Crippen LogP contribution in [-0.2, 0) is 54.3 Å². The average Bonchev–Trinajstić information content (AvgIpc) is 4.02. The summed E-state index contributed by atoms with van der Waals surface area (Å²) in [6.07, 6.45) is 0.0414. The number of amides is 7. The zero-order valence-electron chi connectivity index (χ0n) is 41.9. The molecule has 0 heterocycles. The maximum atomic E-state index is 14.5. The summed E-state index contributed by atoms with van der Waals surface area (Å²) >= 11 is 0. The third kappa shape index (κ3) is 16.2. The van der Waals surface area contributed by atoms with Crippen LogP contribution >= 0.6 is 0 Å². The van der Waals surface area contributed by atoms with Crippen LogP contribution in [0.15, 0.2) is 24.3 Å². The van der Waals surface area contributed by atoms with E-state index < -0.39 is 119 Å². The molecule has 21 nitrogen and oxygen atoms in total. The second-order valence-corrected chi connectivity index (χ2v) is 19.8. The van der Waals surface area contributed by atoms with Gasteiger partial charge in [-0.1, -0.05) is 80.4 Å². The molecule has 2 aliphatic carbocycles. The Morgan fingerprint density at radius 2 is 1.38 bits per heavy atom. The molecule has 7 amide bonds. The fourth-order valence-electron chi connectivity index (χ4n) is 8.39. The van der Waals surface area contributed by atoms with E-state index in [4.69, 9.17) is 32.7 Å². The molecule has 0 radical (unpaired) electrons. The van der Waals surface area contributed by atoms with E-state index in [2.05, 4.69) is 26.6 Å². The number of hydrogen-bond acceptors (Lipinski definition) is 14. The van der Waals surface area contributed by atoms with Crippen LogP contribution < -0.4 is 54.5 Å². The van der Waals surface area contributed by atoms with Gasteiger partial charge in [-0.3, -0.25) is 38.4 Å². The van der Waals surface area contributed by atoms with Crippen LogP contribution in [-0.4, -0.2) is 119 Å². The van der Waals surface area contributed by atoms with Crippen LogP contribution in [0.4, 0.5) is 0 Å². The molecule has 69 heavy (non-hydrogen) atoms. The first kappa shape index (κ1) is 57.6. The third-order valence-corrected chi connectivity index (χ3v) is 13.4. The van der Waals surface area contributed by atoms with E-state index in [0.717, 1.165) is 0 Å². The largest absolute Gasteiger partial charge is 0.458 e. The monoisotopic (exact) mass is 971 g/mol. The van der Waals surface area contributed by atoms with Gasteiger partial charge < -0.3 is 58.3 Å². The lowest BCUT2D eigenvalue weighted by molar-refractivity contribution is -0.158. The minimum absolute atomic E-state index is 0.000615. The Bertz CT molecular complexity index is 2000. The van der Waals surface area contributed by atoms with Gasteiger partial charge in [0.15, 0.2) is 0 Å². The average molecular weight is 971 g/mol. The number of nitrogens with one attached hydrogen (secondary N) is 5. The van der Waals surface area contributed by atoms with Crippen LogP contribution in [0.2, 0.25) is 0 Å². The van der Waals surface area contributed by atoms with Crippen LogP contribution in [0.1, 0.15) is 119 Å². The highest BCUT2D eigenvalue weighted by molar-refractivity contribution is 5.97. The molecule has 2 aliphatic rings. The summed E-state index contributed by atoms with van der Waals surface area (Å²) in [7, 11) is 1.45. The minimum atomic E-state index is -1.72. The van der Waals surface area contributed by atoms with Crippen molar-refractivity contribution in [2.45, 2.75) is 174 Å².